The quantitative estimate of drug-likeness (QED) is 0.861. The van der Waals surface area contributed by atoms with E-state index in [2.05, 4.69) is 5.32 Å². The molecule has 1 aromatic rings. The summed E-state index contributed by atoms with van der Waals surface area (Å²) in [6, 6.07) is 3.29. The van der Waals surface area contributed by atoms with Gasteiger partial charge in [0.05, 0.1) is 16.3 Å². The fourth-order valence-corrected chi connectivity index (χ4v) is 1.91. The van der Waals surface area contributed by atoms with E-state index in [9.17, 15) is 13.2 Å². The van der Waals surface area contributed by atoms with Crippen LogP contribution in [0.5, 0.6) is 0 Å². The fraction of sp³-hybridized carbons (Fsp3) is 0.538. The molecular weight excluding hydrogens is 277 g/mol. The van der Waals surface area contributed by atoms with Gasteiger partial charge in [-0.15, -0.1) is 0 Å². The summed E-state index contributed by atoms with van der Waals surface area (Å²) in [6.07, 6.45) is -4.38. The molecule has 1 rings (SSSR count). The zero-order valence-corrected chi connectivity index (χ0v) is 11.6. The molecule has 0 saturated heterocycles. The van der Waals surface area contributed by atoms with Crippen molar-refractivity contribution in [3.05, 3.63) is 28.8 Å². The largest absolute Gasteiger partial charge is 0.416 e. The molecule has 0 spiro atoms. The monoisotopic (exact) mass is 294 g/mol. The molecule has 0 aliphatic heterocycles. The van der Waals surface area contributed by atoms with Crippen LogP contribution in [0.15, 0.2) is 18.2 Å². The Labute approximate surface area is 116 Å². The van der Waals surface area contributed by atoms with Crippen LogP contribution in [0.4, 0.5) is 18.9 Å². The average Bonchev–Trinajstić information content (AvgIpc) is 2.29. The summed E-state index contributed by atoms with van der Waals surface area (Å²) in [7, 11) is 0. The van der Waals surface area contributed by atoms with Crippen molar-refractivity contribution in [3.8, 4) is 0 Å². The van der Waals surface area contributed by atoms with Crippen molar-refractivity contribution in [2.75, 3.05) is 18.4 Å². The molecule has 2 nitrogen and oxygen atoms in total. The topological polar surface area (TPSA) is 38.0 Å². The second-order valence-corrected chi connectivity index (χ2v) is 5.22. The number of rotatable bonds is 5. The first-order chi connectivity index (χ1) is 8.75. The lowest BCUT2D eigenvalue weighted by Gasteiger charge is -2.20. The third-order valence-corrected chi connectivity index (χ3v) is 3.41. The normalized spacial score (nSPS) is 13.7. The van der Waals surface area contributed by atoms with E-state index in [4.69, 9.17) is 17.3 Å². The van der Waals surface area contributed by atoms with Gasteiger partial charge in [0.2, 0.25) is 0 Å². The summed E-state index contributed by atoms with van der Waals surface area (Å²) in [5.74, 6) is 0.643. The van der Waals surface area contributed by atoms with Gasteiger partial charge in [-0.2, -0.15) is 13.2 Å². The highest BCUT2D eigenvalue weighted by Gasteiger charge is 2.30. The van der Waals surface area contributed by atoms with Crippen LogP contribution in [0, 0.1) is 11.8 Å². The Morgan fingerprint density at radius 3 is 2.37 bits per heavy atom. The predicted molar refractivity (Wildman–Crippen MR) is 72.3 cm³/mol. The predicted octanol–water partition coefficient (Wildman–Crippen LogP) is 4.00. The van der Waals surface area contributed by atoms with E-state index in [1.54, 1.807) is 0 Å². The van der Waals surface area contributed by atoms with E-state index in [0.717, 1.165) is 12.1 Å². The van der Waals surface area contributed by atoms with Gasteiger partial charge in [0.15, 0.2) is 0 Å². The minimum Gasteiger partial charge on any atom is -0.384 e. The van der Waals surface area contributed by atoms with Gasteiger partial charge in [0.1, 0.15) is 0 Å². The first kappa shape index (κ1) is 16.1. The molecule has 1 unspecified atom stereocenters. The Hall–Kier alpha value is -0.940. The number of alkyl halides is 3. The Morgan fingerprint density at radius 2 is 1.95 bits per heavy atom. The minimum absolute atomic E-state index is 0.0642. The van der Waals surface area contributed by atoms with Crippen molar-refractivity contribution in [1.29, 1.82) is 0 Å². The minimum atomic E-state index is -4.38. The molecule has 0 aromatic heterocycles. The molecule has 0 radical (unpaired) electrons. The summed E-state index contributed by atoms with van der Waals surface area (Å²) in [5.41, 5.74) is 5.38. The SMILES string of the molecule is CC(C)C(CN)CNc1ccc(C(F)(F)F)cc1Cl. The van der Waals surface area contributed by atoms with Gasteiger partial charge in [0, 0.05) is 6.54 Å². The van der Waals surface area contributed by atoms with Gasteiger partial charge >= 0.3 is 6.18 Å². The van der Waals surface area contributed by atoms with Crippen LogP contribution in [0.25, 0.3) is 0 Å². The highest BCUT2D eigenvalue weighted by molar-refractivity contribution is 6.33. The smallest absolute Gasteiger partial charge is 0.384 e. The van der Waals surface area contributed by atoms with Crippen molar-refractivity contribution >= 4 is 17.3 Å². The fourth-order valence-electron chi connectivity index (χ4n) is 1.67. The standard InChI is InChI=1S/C13H18ClF3N2/c1-8(2)9(6-18)7-19-12-4-3-10(5-11(12)14)13(15,16)17/h3-5,8-9,19H,6-7,18H2,1-2H3. The Bertz CT molecular complexity index is 419. The summed E-state index contributed by atoms with van der Waals surface area (Å²) in [4.78, 5) is 0. The molecule has 1 aromatic carbocycles. The maximum absolute atomic E-state index is 12.5. The summed E-state index contributed by atoms with van der Waals surface area (Å²) in [5, 5.41) is 3.11. The molecule has 0 aliphatic rings. The van der Waals surface area contributed by atoms with E-state index in [1.165, 1.54) is 6.07 Å². The van der Waals surface area contributed by atoms with Crippen molar-refractivity contribution in [2.24, 2.45) is 17.6 Å². The van der Waals surface area contributed by atoms with E-state index in [0.29, 0.717) is 24.7 Å². The van der Waals surface area contributed by atoms with Crippen LogP contribution in [0.3, 0.4) is 0 Å². The highest BCUT2D eigenvalue weighted by Crippen LogP contribution is 2.33. The van der Waals surface area contributed by atoms with Gasteiger partial charge in [-0.3, -0.25) is 0 Å². The number of nitrogens with one attached hydrogen (secondary N) is 1. The molecule has 108 valence electrons. The first-order valence-corrected chi connectivity index (χ1v) is 6.44. The zero-order valence-electron chi connectivity index (χ0n) is 10.9. The summed E-state index contributed by atoms with van der Waals surface area (Å²) in [6.45, 7) is 5.20. The lowest BCUT2D eigenvalue weighted by molar-refractivity contribution is -0.137. The summed E-state index contributed by atoms with van der Waals surface area (Å²) >= 11 is 5.85. The second kappa shape index (κ2) is 6.48. The van der Waals surface area contributed by atoms with Gasteiger partial charge in [0.25, 0.3) is 0 Å². The third kappa shape index (κ3) is 4.58. The Kier molecular flexibility index (Phi) is 5.50. The van der Waals surface area contributed by atoms with E-state index >= 15 is 0 Å². The summed E-state index contributed by atoms with van der Waals surface area (Å²) < 4.78 is 37.4. The van der Waals surface area contributed by atoms with Crippen LogP contribution < -0.4 is 11.1 Å². The molecule has 0 heterocycles. The lowest BCUT2D eigenvalue weighted by atomic mass is 9.96. The number of hydrogen-bond acceptors (Lipinski definition) is 2. The van der Waals surface area contributed by atoms with Gasteiger partial charge in [-0.05, 0) is 36.6 Å². The molecule has 0 bridgehead atoms. The second-order valence-electron chi connectivity index (χ2n) is 4.81. The van der Waals surface area contributed by atoms with Crippen LogP contribution in [0.1, 0.15) is 19.4 Å². The maximum Gasteiger partial charge on any atom is 0.416 e. The van der Waals surface area contributed by atoms with Gasteiger partial charge in [-0.1, -0.05) is 25.4 Å². The van der Waals surface area contributed by atoms with Gasteiger partial charge in [-0.25, -0.2) is 0 Å². The third-order valence-electron chi connectivity index (χ3n) is 3.10. The molecule has 3 N–H and O–H groups in total. The molecule has 0 fully saturated rings. The van der Waals surface area contributed by atoms with Crippen LogP contribution in [-0.2, 0) is 6.18 Å². The van der Waals surface area contributed by atoms with E-state index in [1.807, 2.05) is 13.8 Å². The van der Waals surface area contributed by atoms with E-state index in [-0.39, 0.29) is 10.9 Å². The van der Waals surface area contributed by atoms with Crippen LogP contribution in [0.2, 0.25) is 5.02 Å². The average molecular weight is 295 g/mol. The molecular formula is C13H18ClF3N2. The maximum atomic E-state index is 12.5. The van der Waals surface area contributed by atoms with Crippen molar-refractivity contribution in [3.63, 3.8) is 0 Å². The van der Waals surface area contributed by atoms with Crippen molar-refractivity contribution in [2.45, 2.75) is 20.0 Å². The molecule has 0 aliphatic carbocycles. The lowest BCUT2D eigenvalue weighted by Crippen LogP contribution is -2.27. The molecule has 19 heavy (non-hydrogen) atoms. The molecule has 0 saturated carbocycles. The van der Waals surface area contributed by atoms with Crippen LogP contribution >= 0.6 is 11.6 Å². The first-order valence-electron chi connectivity index (χ1n) is 6.06. The Morgan fingerprint density at radius 1 is 1.32 bits per heavy atom. The van der Waals surface area contributed by atoms with Crippen molar-refractivity contribution < 1.29 is 13.2 Å². The molecule has 1 atom stereocenters. The zero-order chi connectivity index (χ0) is 14.6. The molecule has 0 amide bonds. The highest BCUT2D eigenvalue weighted by atomic mass is 35.5. The Balaban J connectivity index is 2.76. The number of nitrogens with two attached hydrogens (primary N) is 1. The number of benzene rings is 1. The number of anilines is 1. The number of hydrogen-bond donors (Lipinski definition) is 2. The van der Waals surface area contributed by atoms with Crippen molar-refractivity contribution in [1.82, 2.24) is 0 Å². The number of halogens is 4. The van der Waals surface area contributed by atoms with Crippen LogP contribution in [-0.4, -0.2) is 13.1 Å². The molecule has 6 heteroatoms. The van der Waals surface area contributed by atoms with Gasteiger partial charge < -0.3 is 11.1 Å². The van der Waals surface area contributed by atoms with E-state index < -0.39 is 11.7 Å².